The van der Waals surface area contributed by atoms with Crippen molar-refractivity contribution in [1.29, 1.82) is 0 Å². The predicted molar refractivity (Wildman–Crippen MR) is 97.3 cm³/mol. The summed E-state index contributed by atoms with van der Waals surface area (Å²) >= 11 is 0. The number of carboxylic acid groups (broad SMARTS) is 1. The Hall–Kier alpha value is -1.14. The Morgan fingerprint density at radius 3 is 1.78 bits per heavy atom. The molecule has 0 aliphatic heterocycles. The minimum atomic E-state index is -5.39. The van der Waals surface area contributed by atoms with Gasteiger partial charge in [-0.25, -0.2) is 9.18 Å². The van der Waals surface area contributed by atoms with Crippen molar-refractivity contribution in [2.24, 2.45) is 0 Å². The second-order valence-corrected chi connectivity index (χ2v) is 6.99. The fourth-order valence-electron chi connectivity index (χ4n) is 2.72. The van der Waals surface area contributed by atoms with Crippen molar-refractivity contribution in [3.63, 3.8) is 0 Å². The van der Waals surface area contributed by atoms with Gasteiger partial charge in [-0.05, 0) is 25.7 Å². The van der Waals surface area contributed by atoms with Gasteiger partial charge in [0.05, 0.1) is 0 Å². The summed E-state index contributed by atoms with van der Waals surface area (Å²) in [6.07, 6.45) is 11.6. The molecule has 0 amide bonds. The van der Waals surface area contributed by atoms with Crippen molar-refractivity contribution in [1.82, 2.24) is 0 Å². The Balaban J connectivity index is 3.67. The molecule has 0 bridgehead atoms. The predicted octanol–water partition coefficient (Wildman–Crippen LogP) is 7.33. The van der Waals surface area contributed by atoms with Crippen molar-refractivity contribution in [3.8, 4) is 0 Å². The number of halogens is 5. The maximum Gasteiger partial charge on any atom is 0.407 e. The number of hydrogen-bond donors (Lipinski definition) is 1. The molecule has 0 heterocycles. The summed E-state index contributed by atoms with van der Waals surface area (Å²) in [4.78, 5) is 10.2. The van der Waals surface area contributed by atoms with E-state index in [1.807, 2.05) is 0 Å². The number of alkyl halides is 5. The number of unbranched alkanes of at least 4 members (excludes halogenated alkanes) is 10. The van der Waals surface area contributed by atoms with Gasteiger partial charge in [-0.2, -0.15) is 17.6 Å². The van der Waals surface area contributed by atoms with Gasteiger partial charge in [0.25, 0.3) is 0 Å². The zero-order valence-corrected chi connectivity index (χ0v) is 16.2. The molecule has 1 unspecified atom stereocenters. The van der Waals surface area contributed by atoms with Crippen LogP contribution in [-0.2, 0) is 4.79 Å². The fraction of sp³-hybridized carbons (Fsp3) is 0.850. The molecule has 2 nitrogen and oxygen atoms in total. The minimum Gasteiger partial charge on any atom is -0.477 e. The highest BCUT2D eigenvalue weighted by Gasteiger charge is 2.66. The van der Waals surface area contributed by atoms with Gasteiger partial charge < -0.3 is 5.11 Å². The molecule has 7 heteroatoms. The van der Waals surface area contributed by atoms with Gasteiger partial charge >= 0.3 is 17.8 Å². The van der Waals surface area contributed by atoms with Crippen molar-refractivity contribution in [2.75, 3.05) is 0 Å². The summed E-state index contributed by atoms with van der Waals surface area (Å²) in [7, 11) is 0. The average Bonchev–Trinajstić information content (AvgIpc) is 2.61. The lowest BCUT2D eigenvalue weighted by Gasteiger charge is -2.25. The number of carboxylic acids is 1. The van der Waals surface area contributed by atoms with Gasteiger partial charge in [-0.15, -0.1) is 0 Å². The van der Waals surface area contributed by atoms with Crippen LogP contribution in [0.15, 0.2) is 12.2 Å². The van der Waals surface area contributed by atoms with Crippen molar-refractivity contribution >= 4 is 5.97 Å². The monoisotopic (exact) mass is 400 g/mol. The third-order valence-electron chi connectivity index (χ3n) is 4.55. The first kappa shape index (κ1) is 25.9. The molecule has 0 saturated heterocycles. The first-order valence-electron chi connectivity index (χ1n) is 9.96. The molecule has 0 aliphatic rings. The van der Waals surface area contributed by atoms with Gasteiger partial charge in [0.15, 0.2) is 6.17 Å². The third kappa shape index (κ3) is 10.1. The molecular weight excluding hydrogens is 367 g/mol. The molecule has 0 spiro atoms. The Kier molecular flexibility index (Phi) is 13.4. The zero-order valence-electron chi connectivity index (χ0n) is 16.2. The smallest absolute Gasteiger partial charge is 0.407 e. The van der Waals surface area contributed by atoms with Crippen LogP contribution in [0.25, 0.3) is 0 Å². The Morgan fingerprint density at radius 1 is 0.852 bits per heavy atom. The van der Waals surface area contributed by atoms with Crippen LogP contribution in [0.4, 0.5) is 22.0 Å². The van der Waals surface area contributed by atoms with E-state index in [0.717, 1.165) is 51.4 Å². The Morgan fingerprint density at radius 2 is 1.30 bits per heavy atom. The summed E-state index contributed by atoms with van der Waals surface area (Å²) in [6, 6.07) is 0. The highest BCUT2D eigenvalue weighted by Crippen LogP contribution is 2.40. The van der Waals surface area contributed by atoms with Crippen LogP contribution in [0.3, 0.4) is 0 Å². The zero-order chi connectivity index (χ0) is 20.8. The lowest BCUT2D eigenvalue weighted by atomic mass is 10.00. The first-order chi connectivity index (χ1) is 12.7. The molecule has 0 fully saturated rings. The molecule has 0 rings (SSSR count). The number of carbonyl (C=O) groups is 1. The van der Waals surface area contributed by atoms with Crippen molar-refractivity contribution in [3.05, 3.63) is 12.2 Å². The molecule has 1 atom stereocenters. The molecule has 27 heavy (non-hydrogen) atoms. The highest BCUT2D eigenvalue weighted by atomic mass is 19.3. The number of hydrogen-bond acceptors (Lipinski definition) is 1. The summed E-state index contributed by atoms with van der Waals surface area (Å²) in [6.45, 7) is 2.16. The third-order valence-corrected chi connectivity index (χ3v) is 4.55. The van der Waals surface area contributed by atoms with Crippen LogP contribution in [0.5, 0.6) is 0 Å². The van der Waals surface area contributed by atoms with Gasteiger partial charge in [-0.3, -0.25) is 0 Å². The standard InChI is InChI=1S/C20H33F5O2/c1-2-3-4-5-6-7-8-9-10-11-12-13-14-15-16-17(21)19(22,23)20(24,25)18(26)27/h5-6,17H,2-4,7-16H2,1H3,(H,26,27)/b6-5-. The second kappa shape index (κ2) is 13.9. The van der Waals surface area contributed by atoms with Crippen LogP contribution >= 0.6 is 0 Å². The van der Waals surface area contributed by atoms with E-state index in [2.05, 4.69) is 19.1 Å². The molecule has 0 aromatic rings. The van der Waals surface area contributed by atoms with E-state index in [1.54, 1.807) is 0 Å². The SMILES string of the molecule is CCCC/C=C\CCCCCCCCCCC(F)C(F)(F)C(F)(F)C(=O)O. The maximum absolute atomic E-state index is 13.4. The number of aliphatic carboxylic acids is 1. The minimum absolute atomic E-state index is 0.0367. The van der Waals surface area contributed by atoms with E-state index in [4.69, 9.17) is 5.11 Å². The normalized spacial score (nSPS) is 14.0. The summed E-state index contributed by atoms with van der Waals surface area (Å²) in [5, 5.41) is 8.12. The van der Waals surface area contributed by atoms with Crippen LogP contribution in [0, 0.1) is 0 Å². The molecule has 0 aromatic heterocycles. The molecule has 1 N–H and O–H groups in total. The lowest BCUT2D eigenvalue weighted by Crippen LogP contribution is -2.52. The largest absolute Gasteiger partial charge is 0.477 e. The molecular formula is C20H33F5O2. The fourth-order valence-corrected chi connectivity index (χ4v) is 2.72. The highest BCUT2D eigenvalue weighted by molar-refractivity contribution is 5.76. The molecule has 0 radical (unpaired) electrons. The maximum atomic E-state index is 13.4. The second-order valence-electron chi connectivity index (χ2n) is 6.99. The lowest BCUT2D eigenvalue weighted by molar-refractivity contribution is -0.244. The number of allylic oxidation sites excluding steroid dienone is 2. The quantitative estimate of drug-likeness (QED) is 0.158. The van der Waals surface area contributed by atoms with E-state index >= 15 is 0 Å². The van der Waals surface area contributed by atoms with Gasteiger partial charge in [0, 0.05) is 0 Å². The summed E-state index contributed by atoms with van der Waals surface area (Å²) < 4.78 is 65.5. The van der Waals surface area contributed by atoms with E-state index in [0.29, 0.717) is 6.42 Å². The van der Waals surface area contributed by atoms with Gasteiger partial charge in [0.2, 0.25) is 0 Å². The van der Waals surface area contributed by atoms with E-state index < -0.39 is 30.4 Å². The average molecular weight is 400 g/mol. The topological polar surface area (TPSA) is 37.3 Å². The van der Waals surface area contributed by atoms with Crippen LogP contribution in [-0.4, -0.2) is 29.1 Å². The van der Waals surface area contributed by atoms with Crippen LogP contribution in [0.1, 0.15) is 90.4 Å². The van der Waals surface area contributed by atoms with Gasteiger partial charge in [-0.1, -0.05) is 76.9 Å². The van der Waals surface area contributed by atoms with Crippen molar-refractivity contribution < 1.29 is 31.9 Å². The number of rotatable bonds is 17. The summed E-state index contributed by atoms with van der Waals surface area (Å²) in [5.74, 6) is -13.6. The molecule has 0 aromatic carbocycles. The van der Waals surface area contributed by atoms with Crippen LogP contribution < -0.4 is 0 Å². The molecule has 0 saturated carbocycles. The van der Waals surface area contributed by atoms with E-state index in [9.17, 15) is 26.7 Å². The first-order valence-corrected chi connectivity index (χ1v) is 9.96. The van der Waals surface area contributed by atoms with Crippen LogP contribution in [0.2, 0.25) is 0 Å². The summed E-state index contributed by atoms with van der Waals surface area (Å²) in [5.41, 5.74) is 0. The van der Waals surface area contributed by atoms with E-state index in [1.165, 1.54) is 12.8 Å². The molecule has 160 valence electrons. The van der Waals surface area contributed by atoms with Crippen molar-refractivity contribution in [2.45, 2.75) is 108 Å². The Labute approximate surface area is 159 Å². The van der Waals surface area contributed by atoms with E-state index in [-0.39, 0.29) is 6.42 Å². The van der Waals surface area contributed by atoms with Gasteiger partial charge in [0.1, 0.15) is 0 Å². The molecule has 0 aliphatic carbocycles. The Bertz CT molecular complexity index is 425.